The third-order valence-electron chi connectivity index (χ3n) is 7.83. The van der Waals surface area contributed by atoms with Crippen molar-refractivity contribution >= 4 is 5.91 Å². The van der Waals surface area contributed by atoms with E-state index in [0.29, 0.717) is 19.4 Å². The monoisotopic (exact) mass is 590 g/mol. The summed E-state index contributed by atoms with van der Waals surface area (Å²) in [6, 6.07) is -1.00. The fourth-order valence-electron chi connectivity index (χ4n) is 5.19. The van der Waals surface area contributed by atoms with Crippen molar-refractivity contribution in [2.24, 2.45) is 23.5 Å². The van der Waals surface area contributed by atoms with Gasteiger partial charge in [0.2, 0.25) is 5.91 Å². The van der Waals surface area contributed by atoms with Gasteiger partial charge in [-0.15, -0.1) is 0 Å². The van der Waals surface area contributed by atoms with E-state index in [0.717, 1.165) is 6.42 Å². The van der Waals surface area contributed by atoms with Crippen LogP contribution in [0.4, 0.5) is 0 Å². The van der Waals surface area contributed by atoms with E-state index in [-0.39, 0.29) is 37.7 Å². The summed E-state index contributed by atoms with van der Waals surface area (Å²) in [5.41, 5.74) is 5.99. The Morgan fingerprint density at radius 3 is 2.41 bits per heavy atom. The summed E-state index contributed by atoms with van der Waals surface area (Å²) in [7, 11) is 0. The van der Waals surface area contributed by atoms with Gasteiger partial charge in [0.1, 0.15) is 6.10 Å². The molecule has 41 heavy (non-hydrogen) atoms. The van der Waals surface area contributed by atoms with E-state index in [2.05, 4.69) is 5.32 Å². The number of ether oxygens (including phenoxy) is 3. The highest BCUT2D eigenvalue weighted by molar-refractivity contribution is 5.80. The van der Waals surface area contributed by atoms with Crippen LogP contribution in [0.5, 0.6) is 0 Å². The highest BCUT2D eigenvalue weighted by atomic mass is 16.7. The summed E-state index contributed by atoms with van der Waals surface area (Å²) < 4.78 is 17.9. The molecule has 0 radical (unpaired) electrons. The Bertz CT molecular complexity index is 814. The van der Waals surface area contributed by atoms with Crippen LogP contribution in [0.25, 0.3) is 0 Å². The quantitative estimate of drug-likeness (QED) is 0.0935. The van der Waals surface area contributed by atoms with Crippen molar-refractivity contribution in [3.05, 3.63) is 12.2 Å². The van der Waals surface area contributed by atoms with Crippen LogP contribution in [0.3, 0.4) is 0 Å². The number of unbranched alkanes of at least 4 members (excludes halogenated alkanes) is 2. The summed E-state index contributed by atoms with van der Waals surface area (Å²) in [4.78, 5) is 13.3. The molecule has 0 aromatic heterocycles. The van der Waals surface area contributed by atoms with Crippen LogP contribution in [0.15, 0.2) is 12.2 Å². The van der Waals surface area contributed by atoms with Crippen molar-refractivity contribution < 1.29 is 49.6 Å². The van der Waals surface area contributed by atoms with Gasteiger partial charge in [-0.2, -0.15) is 0 Å². The van der Waals surface area contributed by atoms with Gasteiger partial charge in [0.05, 0.1) is 48.6 Å². The zero-order valence-corrected chi connectivity index (χ0v) is 25.1. The molecule has 12 heteroatoms. The van der Waals surface area contributed by atoms with Gasteiger partial charge in [0, 0.05) is 32.4 Å². The molecular weight excluding hydrogens is 536 g/mol. The summed E-state index contributed by atoms with van der Waals surface area (Å²) in [5.74, 6) is -3.43. The van der Waals surface area contributed by atoms with Gasteiger partial charge in [0.15, 0.2) is 12.1 Å². The zero-order chi connectivity index (χ0) is 30.9. The van der Waals surface area contributed by atoms with Gasteiger partial charge in [-0.3, -0.25) is 4.79 Å². The molecule has 0 spiro atoms. The zero-order valence-electron chi connectivity index (χ0n) is 25.1. The molecule has 5 unspecified atom stereocenters. The number of hydrogen-bond acceptors (Lipinski definition) is 11. The third kappa shape index (κ3) is 10.8. The SMILES string of the molecule is CC(C)/C=C/[C@@H](C[C@@H]1O[C@](O)(C[C@@H](O)C(C)C)C[C@H](O)[C@H]1C(=O)NCCCCCO)OC1OC(C)C(O)C(N)C1O. The van der Waals surface area contributed by atoms with Crippen LogP contribution < -0.4 is 11.1 Å². The van der Waals surface area contributed by atoms with Crippen LogP contribution in [0.2, 0.25) is 0 Å². The van der Waals surface area contributed by atoms with E-state index < -0.39 is 72.7 Å². The number of aliphatic hydroxyl groups excluding tert-OH is 5. The molecule has 0 aromatic carbocycles. The average molecular weight is 591 g/mol. The number of nitrogens with one attached hydrogen (secondary N) is 1. The Balaban J connectivity index is 2.32. The number of aliphatic hydroxyl groups is 6. The van der Waals surface area contributed by atoms with E-state index in [1.165, 1.54) is 0 Å². The maximum Gasteiger partial charge on any atom is 0.228 e. The van der Waals surface area contributed by atoms with Gasteiger partial charge in [0.25, 0.3) is 0 Å². The normalized spacial score (nSPS) is 36.1. The largest absolute Gasteiger partial charge is 0.396 e. The minimum absolute atomic E-state index is 0.00170. The Hall–Kier alpha value is -1.19. The highest BCUT2D eigenvalue weighted by Gasteiger charge is 2.50. The first kappa shape index (κ1) is 36.0. The lowest BCUT2D eigenvalue weighted by atomic mass is 9.81. The molecule has 2 aliphatic rings. The molecule has 0 aliphatic carbocycles. The topological polar surface area (TPSA) is 204 Å². The molecule has 12 nitrogen and oxygen atoms in total. The Kier molecular flexibility index (Phi) is 14.6. The first-order valence-electron chi connectivity index (χ1n) is 14.9. The van der Waals surface area contributed by atoms with Crippen molar-refractivity contribution in [1.29, 1.82) is 0 Å². The van der Waals surface area contributed by atoms with E-state index >= 15 is 0 Å². The van der Waals surface area contributed by atoms with Crippen molar-refractivity contribution in [1.82, 2.24) is 5.32 Å². The second kappa shape index (κ2) is 16.6. The average Bonchev–Trinajstić information content (AvgIpc) is 2.88. The minimum Gasteiger partial charge on any atom is -0.396 e. The predicted molar refractivity (Wildman–Crippen MR) is 151 cm³/mol. The third-order valence-corrected chi connectivity index (χ3v) is 7.83. The van der Waals surface area contributed by atoms with Crippen LogP contribution in [0, 0.1) is 17.8 Å². The molecule has 9 N–H and O–H groups in total. The number of amides is 1. The van der Waals surface area contributed by atoms with Crippen LogP contribution >= 0.6 is 0 Å². The molecule has 2 rings (SSSR count). The molecule has 11 atom stereocenters. The molecule has 0 aromatic rings. The molecule has 2 saturated heterocycles. The molecule has 0 bridgehead atoms. The predicted octanol–water partition coefficient (Wildman–Crippen LogP) is -0.0918. The number of nitrogens with two attached hydrogens (primary N) is 1. The number of carbonyl (C=O) groups excluding carboxylic acids is 1. The number of rotatable bonds is 15. The van der Waals surface area contributed by atoms with Gasteiger partial charge in [-0.05, 0) is 38.0 Å². The highest BCUT2D eigenvalue weighted by Crippen LogP contribution is 2.38. The van der Waals surface area contributed by atoms with Crippen molar-refractivity contribution in [2.75, 3.05) is 13.2 Å². The fourth-order valence-corrected chi connectivity index (χ4v) is 5.19. The number of hydrogen-bond donors (Lipinski definition) is 8. The lowest BCUT2D eigenvalue weighted by Gasteiger charge is -2.46. The van der Waals surface area contributed by atoms with E-state index in [1.807, 2.05) is 19.9 Å². The van der Waals surface area contributed by atoms with Crippen molar-refractivity contribution in [3.8, 4) is 0 Å². The fraction of sp³-hybridized carbons (Fsp3) is 0.897. The lowest BCUT2D eigenvalue weighted by molar-refractivity contribution is -0.307. The first-order valence-corrected chi connectivity index (χ1v) is 14.9. The van der Waals surface area contributed by atoms with Crippen LogP contribution in [-0.2, 0) is 19.0 Å². The maximum atomic E-state index is 13.3. The summed E-state index contributed by atoms with van der Waals surface area (Å²) in [6.45, 7) is 9.57. The van der Waals surface area contributed by atoms with Gasteiger partial charge in [-0.1, -0.05) is 39.8 Å². The van der Waals surface area contributed by atoms with E-state index in [1.54, 1.807) is 26.8 Å². The van der Waals surface area contributed by atoms with Crippen molar-refractivity contribution in [3.63, 3.8) is 0 Å². The Morgan fingerprint density at radius 1 is 1.12 bits per heavy atom. The first-order chi connectivity index (χ1) is 19.2. The van der Waals surface area contributed by atoms with Crippen LogP contribution in [-0.4, -0.2) is 111 Å². The van der Waals surface area contributed by atoms with Gasteiger partial charge < -0.3 is 55.9 Å². The molecule has 240 valence electrons. The molecule has 2 aliphatic heterocycles. The van der Waals surface area contributed by atoms with Crippen molar-refractivity contribution in [2.45, 2.75) is 134 Å². The Morgan fingerprint density at radius 2 is 1.80 bits per heavy atom. The summed E-state index contributed by atoms with van der Waals surface area (Å²) >= 11 is 0. The van der Waals surface area contributed by atoms with Crippen LogP contribution in [0.1, 0.15) is 73.1 Å². The maximum absolute atomic E-state index is 13.3. The van der Waals surface area contributed by atoms with E-state index in [4.69, 9.17) is 25.1 Å². The second-order valence-corrected chi connectivity index (χ2v) is 12.3. The molecule has 2 heterocycles. The molecule has 0 saturated carbocycles. The standard InChI is InChI=1S/C29H54N2O10/c1-16(2)9-10-19(40-28-26(36)24(30)25(35)18(5)39-28)13-22-23(27(37)31-11-7-6-8-12-32)21(34)15-29(38,41-22)14-20(33)17(3)4/h9-10,16-26,28,32-36,38H,6-8,11-15,30H2,1-5H3,(H,31,37)/b10-9+/t18?,19-,20+,21-,22-,23+,24?,25?,26?,28?,29+/m0/s1. The molecule has 2 fully saturated rings. The van der Waals surface area contributed by atoms with Gasteiger partial charge >= 0.3 is 0 Å². The minimum atomic E-state index is -1.89. The molecular formula is C29H54N2O10. The summed E-state index contributed by atoms with van der Waals surface area (Å²) in [5, 5.41) is 65.6. The lowest BCUT2D eigenvalue weighted by Crippen LogP contribution is -2.62. The number of allylic oxidation sites excluding steroid dienone is 1. The smallest absolute Gasteiger partial charge is 0.228 e. The van der Waals surface area contributed by atoms with Gasteiger partial charge in [-0.25, -0.2) is 0 Å². The second-order valence-electron chi connectivity index (χ2n) is 12.3. The van der Waals surface area contributed by atoms with E-state index in [9.17, 15) is 30.3 Å². The molecule has 1 amide bonds. The summed E-state index contributed by atoms with van der Waals surface area (Å²) in [6.07, 6.45) is -3.09. The Labute approximate surface area is 243 Å². The number of carbonyl (C=O) groups is 1.